The summed E-state index contributed by atoms with van der Waals surface area (Å²) in [7, 11) is 3.20. The number of hydrogen-bond donors (Lipinski definition) is 1. The summed E-state index contributed by atoms with van der Waals surface area (Å²) in [6, 6.07) is 5.53. The van der Waals surface area contributed by atoms with Crippen molar-refractivity contribution in [3.63, 3.8) is 0 Å². The third-order valence-corrected chi connectivity index (χ3v) is 6.86. The van der Waals surface area contributed by atoms with E-state index in [0.29, 0.717) is 54.8 Å². The highest BCUT2D eigenvalue weighted by Gasteiger charge is 2.34. The third-order valence-electron chi connectivity index (χ3n) is 5.79. The Morgan fingerprint density at radius 3 is 2.59 bits per heavy atom. The van der Waals surface area contributed by atoms with Crippen molar-refractivity contribution in [2.24, 2.45) is 5.92 Å². The van der Waals surface area contributed by atoms with Gasteiger partial charge in [-0.1, -0.05) is 17.4 Å². The maximum absolute atomic E-state index is 12.2. The first-order chi connectivity index (χ1) is 15.5. The minimum atomic E-state index is -0.244. The van der Waals surface area contributed by atoms with Crippen LogP contribution in [0.15, 0.2) is 18.2 Å². The second-order valence-electron chi connectivity index (χ2n) is 7.72. The molecular weight excluding hydrogens is 432 g/mol. The third kappa shape index (κ3) is 4.12. The average Bonchev–Trinajstić information content (AvgIpc) is 3.31. The summed E-state index contributed by atoms with van der Waals surface area (Å²) in [6.07, 6.45) is 1.40. The van der Waals surface area contributed by atoms with Crippen molar-refractivity contribution in [3.05, 3.63) is 34.5 Å². The summed E-state index contributed by atoms with van der Waals surface area (Å²) in [6.45, 7) is 5.39. The van der Waals surface area contributed by atoms with Gasteiger partial charge in [0.25, 0.3) is 0 Å². The van der Waals surface area contributed by atoms with E-state index in [2.05, 4.69) is 15.0 Å². The lowest BCUT2D eigenvalue weighted by Gasteiger charge is -2.36. The molecule has 0 aliphatic carbocycles. The van der Waals surface area contributed by atoms with Crippen LogP contribution in [0.3, 0.4) is 0 Å². The van der Waals surface area contributed by atoms with Gasteiger partial charge in [-0.3, -0.25) is 9.69 Å². The van der Waals surface area contributed by atoms with E-state index in [9.17, 15) is 9.90 Å². The number of ether oxygens (including phenoxy) is 3. The van der Waals surface area contributed by atoms with Crippen LogP contribution in [0.4, 0.5) is 0 Å². The Hall–Kier alpha value is -2.85. The molecule has 9 nitrogen and oxygen atoms in total. The number of carbonyl (C=O) groups is 1. The molecule has 0 spiro atoms. The van der Waals surface area contributed by atoms with Gasteiger partial charge in [-0.2, -0.15) is 4.52 Å². The number of benzene rings is 1. The highest BCUT2D eigenvalue weighted by atomic mass is 32.1. The first kappa shape index (κ1) is 22.3. The number of carbonyl (C=O) groups excluding carboxylic acids is 1. The van der Waals surface area contributed by atoms with Crippen LogP contribution in [0, 0.1) is 12.8 Å². The number of fused-ring (bicyclic) bond motifs is 1. The Morgan fingerprint density at radius 1 is 1.25 bits per heavy atom. The molecule has 1 aliphatic rings. The molecule has 0 unspecified atom stereocenters. The standard InChI is InChI=1S/C22H28N4O5S/c1-5-31-21(28)14-8-10-25(11-9-14)18(15-6-7-16(29-3)17(12-15)30-4)19-20(27)26-22(32-19)23-13(2)24-26/h6-7,12,14,18,27H,5,8-11H2,1-4H3/t18-/m1/s1. The average molecular weight is 461 g/mol. The van der Waals surface area contributed by atoms with Gasteiger partial charge in [0.1, 0.15) is 5.82 Å². The van der Waals surface area contributed by atoms with E-state index in [1.807, 2.05) is 25.1 Å². The molecule has 1 atom stereocenters. The number of rotatable bonds is 7. The van der Waals surface area contributed by atoms with E-state index in [1.165, 1.54) is 15.9 Å². The van der Waals surface area contributed by atoms with Crippen molar-refractivity contribution >= 4 is 22.3 Å². The Morgan fingerprint density at radius 2 is 1.97 bits per heavy atom. The molecule has 1 saturated heterocycles. The minimum absolute atomic E-state index is 0.0814. The molecular formula is C22H28N4O5S. The summed E-state index contributed by atoms with van der Waals surface area (Å²) in [5.41, 5.74) is 0.953. The van der Waals surface area contributed by atoms with Gasteiger partial charge in [0.2, 0.25) is 10.8 Å². The Bertz CT molecular complexity index is 1100. The highest BCUT2D eigenvalue weighted by Crippen LogP contribution is 2.43. The van der Waals surface area contributed by atoms with Crippen LogP contribution in [0.5, 0.6) is 17.4 Å². The number of piperidine rings is 1. The predicted molar refractivity (Wildman–Crippen MR) is 120 cm³/mol. The van der Waals surface area contributed by atoms with Crippen LogP contribution in [-0.2, 0) is 9.53 Å². The molecule has 0 amide bonds. The van der Waals surface area contributed by atoms with Crippen molar-refractivity contribution < 1.29 is 24.1 Å². The van der Waals surface area contributed by atoms with Gasteiger partial charge in [0.15, 0.2) is 11.5 Å². The SMILES string of the molecule is CCOC(=O)C1CCN([C@H](c2ccc(OC)c(OC)c2)c2sc3nc(C)nn3c2O)CC1. The van der Waals surface area contributed by atoms with Gasteiger partial charge in [-0.25, -0.2) is 4.98 Å². The molecule has 32 heavy (non-hydrogen) atoms. The molecule has 0 bridgehead atoms. The maximum Gasteiger partial charge on any atom is 0.309 e. The lowest BCUT2D eigenvalue weighted by atomic mass is 9.93. The molecule has 4 rings (SSSR count). The van der Waals surface area contributed by atoms with Crippen LogP contribution in [-0.4, -0.2) is 64.5 Å². The van der Waals surface area contributed by atoms with Crippen molar-refractivity contribution in [1.29, 1.82) is 0 Å². The largest absolute Gasteiger partial charge is 0.493 e. The molecule has 1 aromatic carbocycles. The number of thiazole rings is 1. The van der Waals surface area contributed by atoms with Crippen molar-refractivity contribution in [2.75, 3.05) is 33.9 Å². The number of aromatic nitrogens is 3. The second kappa shape index (κ2) is 9.33. The Labute approximate surface area is 190 Å². The lowest BCUT2D eigenvalue weighted by molar-refractivity contribution is -0.149. The fraction of sp³-hybridized carbons (Fsp3) is 0.500. The van der Waals surface area contributed by atoms with Crippen LogP contribution in [0.25, 0.3) is 4.96 Å². The van der Waals surface area contributed by atoms with Crippen LogP contribution < -0.4 is 9.47 Å². The molecule has 172 valence electrons. The zero-order valence-corrected chi connectivity index (χ0v) is 19.5. The molecule has 3 heterocycles. The number of aromatic hydroxyl groups is 1. The van der Waals surface area contributed by atoms with E-state index < -0.39 is 0 Å². The lowest BCUT2D eigenvalue weighted by Crippen LogP contribution is -2.39. The van der Waals surface area contributed by atoms with E-state index in [0.717, 1.165) is 10.4 Å². The van der Waals surface area contributed by atoms with Gasteiger partial charge in [0.05, 0.1) is 37.7 Å². The number of methoxy groups -OCH3 is 2. The van der Waals surface area contributed by atoms with Crippen LogP contribution in [0.1, 0.15) is 42.1 Å². The first-order valence-electron chi connectivity index (χ1n) is 10.6. The number of esters is 1. The Kier molecular flexibility index (Phi) is 6.52. The number of likely N-dealkylation sites (tertiary alicyclic amines) is 1. The van der Waals surface area contributed by atoms with Gasteiger partial charge in [-0.05, 0) is 57.5 Å². The fourth-order valence-electron chi connectivity index (χ4n) is 4.23. The maximum atomic E-state index is 12.2. The molecule has 1 fully saturated rings. The summed E-state index contributed by atoms with van der Waals surface area (Å²) >= 11 is 1.41. The van der Waals surface area contributed by atoms with E-state index >= 15 is 0 Å². The summed E-state index contributed by atoms with van der Waals surface area (Å²) in [4.78, 5) is 20.3. The minimum Gasteiger partial charge on any atom is -0.493 e. The molecule has 10 heteroatoms. The van der Waals surface area contributed by atoms with Crippen LogP contribution in [0.2, 0.25) is 0 Å². The van der Waals surface area contributed by atoms with Gasteiger partial charge < -0.3 is 19.3 Å². The van der Waals surface area contributed by atoms with Gasteiger partial charge in [0, 0.05) is 0 Å². The molecule has 3 aromatic rings. The van der Waals surface area contributed by atoms with Gasteiger partial charge >= 0.3 is 5.97 Å². The molecule has 1 aliphatic heterocycles. The van der Waals surface area contributed by atoms with Gasteiger partial charge in [-0.15, -0.1) is 5.10 Å². The summed E-state index contributed by atoms with van der Waals surface area (Å²) < 4.78 is 17.6. The van der Waals surface area contributed by atoms with E-state index in [1.54, 1.807) is 21.1 Å². The smallest absolute Gasteiger partial charge is 0.309 e. The molecule has 0 saturated carbocycles. The van der Waals surface area contributed by atoms with E-state index in [4.69, 9.17) is 14.2 Å². The topological polar surface area (TPSA) is 98.4 Å². The second-order valence-corrected chi connectivity index (χ2v) is 8.73. The van der Waals surface area contributed by atoms with E-state index in [-0.39, 0.29) is 23.8 Å². The van der Waals surface area contributed by atoms with Crippen molar-refractivity contribution in [3.8, 4) is 17.4 Å². The Balaban J connectivity index is 1.71. The quantitative estimate of drug-likeness (QED) is 0.537. The molecule has 0 radical (unpaired) electrons. The fourth-order valence-corrected chi connectivity index (χ4v) is 5.39. The molecule has 1 N–H and O–H groups in total. The molecule has 2 aromatic heterocycles. The number of nitrogens with zero attached hydrogens (tertiary/aromatic N) is 4. The predicted octanol–water partition coefficient (Wildman–Crippen LogP) is 3.19. The number of hydrogen-bond acceptors (Lipinski definition) is 9. The monoisotopic (exact) mass is 460 g/mol. The van der Waals surface area contributed by atoms with Crippen molar-refractivity contribution in [2.45, 2.75) is 32.7 Å². The first-order valence-corrected chi connectivity index (χ1v) is 11.5. The number of aryl methyl sites for hydroxylation is 1. The summed E-state index contributed by atoms with van der Waals surface area (Å²) in [5.74, 6) is 1.71. The normalized spacial score (nSPS) is 16.2. The zero-order valence-electron chi connectivity index (χ0n) is 18.7. The zero-order chi connectivity index (χ0) is 22.8. The highest BCUT2D eigenvalue weighted by molar-refractivity contribution is 7.17. The van der Waals surface area contributed by atoms with Crippen molar-refractivity contribution in [1.82, 2.24) is 19.5 Å². The summed E-state index contributed by atoms with van der Waals surface area (Å²) in [5, 5.41) is 15.3. The van der Waals surface area contributed by atoms with Crippen LogP contribution >= 0.6 is 11.3 Å².